The molecule has 2 N–H and O–H groups in total. The van der Waals surface area contributed by atoms with Crippen LogP contribution in [-0.2, 0) is 13.1 Å². The summed E-state index contributed by atoms with van der Waals surface area (Å²) in [4.78, 5) is 0. The van der Waals surface area contributed by atoms with Crippen molar-refractivity contribution in [3.63, 3.8) is 0 Å². The number of nitrogens with zero attached hydrogens (tertiary/aromatic N) is 2. The lowest BCUT2D eigenvalue weighted by Gasteiger charge is -2.26. The quantitative estimate of drug-likeness (QED) is 0.843. The van der Waals surface area contributed by atoms with E-state index in [-0.39, 0.29) is 12.7 Å². The number of aryl methyl sites for hydroxylation is 1. The highest BCUT2D eigenvalue weighted by molar-refractivity contribution is 5.40. The first kappa shape index (κ1) is 15.8. The third-order valence-corrected chi connectivity index (χ3v) is 4.08. The molecule has 6 nitrogen and oxygen atoms in total. The van der Waals surface area contributed by atoms with Crippen molar-refractivity contribution in [2.75, 3.05) is 19.8 Å². The number of aliphatic hydroxyl groups is 1. The molecule has 0 saturated carbocycles. The summed E-state index contributed by atoms with van der Waals surface area (Å²) in [5.41, 5.74) is 3.26. The lowest BCUT2D eigenvalue weighted by molar-refractivity contribution is 0.0902. The van der Waals surface area contributed by atoms with E-state index in [0.29, 0.717) is 19.7 Å². The van der Waals surface area contributed by atoms with Crippen LogP contribution < -0.4 is 14.8 Å². The van der Waals surface area contributed by atoms with Gasteiger partial charge in [0.1, 0.15) is 12.7 Å². The van der Waals surface area contributed by atoms with Crippen molar-refractivity contribution in [2.45, 2.75) is 33.0 Å². The Morgan fingerprint density at radius 1 is 1.30 bits per heavy atom. The van der Waals surface area contributed by atoms with E-state index in [1.165, 1.54) is 5.56 Å². The molecule has 2 heterocycles. The van der Waals surface area contributed by atoms with Crippen LogP contribution in [-0.4, -0.2) is 40.7 Å². The molecule has 1 aromatic carbocycles. The maximum Gasteiger partial charge on any atom is 0.161 e. The molecule has 1 aromatic heterocycles. The molecule has 0 bridgehead atoms. The van der Waals surface area contributed by atoms with Crippen LogP contribution in [0.15, 0.2) is 24.3 Å². The third-order valence-electron chi connectivity index (χ3n) is 4.08. The first-order valence-electron chi connectivity index (χ1n) is 7.92. The molecule has 0 amide bonds. The molecule has 0 saturated heterocycles. The zero-order valence-electron chi connectivity index (χ0n) is 13.6. The van der Waals surface area contributed by atoms with E-state index in [1.54, 1.807) is 0 Å². The summed E-state index contributed by atoms with van der Waals surface area (Å²) in [5, 5.41) is 16.9. The maximum absolute atomic E-state index is 9.06. The lowest BCUT2D eigenvalue weighted by atomic mass is 10.2. The molecule has 1 aliphatic heterocycles. The largest absolute Gasteiger partial charge is 0.486 e. The van der Waals surface area contributed by atoms with E-state index in [0.717, 1.165) is 29.4 Å². The van der Waals surface area contributed by atoms with Gasteiger partial charge in [-0.3, -0.25) is 4.68 Å². The van der Waals surface area contributed by atoms with E-state index in [9.17, 15) is 0 Å². The second-order valence-electron chi connectivity index (χ2n) is 5.72. The minimum Gasteiger partial charge on any atom is -0.486 e. The highest BCUT2D eigenvalue weighted by Gasteiger charge is 2.20. The van der Waals surface area contributed by atoms with E-state index < -0.39 is 0 Å². The number of aliphatic hydroxyl groups excluding tert-OH is 1. The fourth-order valence-corrected chi connectivity index (χ4v) is 2.82. The van der Waals surface area contributed by atoms with E-state index in [4.69, 9.17) is 14.6 Å². The van der Waals surface area contributed by atoms with Crippen LogP contribution in [0.5, 0.6) is 11.5 Å². The van der Waals surface area contributed by atoms with Crippen LogP contribution in [0.1, 0.15) is 17.0 Å². The molecule has 0 fully saturated rings. The number of rotatable bonds is 6. The first-order valence-corrected chi connectivity index (χ1v) is 7.92. The molecule has 6 heteroatoms. The molecule has 0 unspecified atom stereocenters. The number of para-hydroxylation sites is 2. The van der Waals surface area contributed by atoms with Crippen LogP contribution in [0.2, 0.25) is 0 Å². The van der Waals surface area contributed by atoms with Crippen molar-refractivity contribution < 1.29 is 14.6 Å². The predicted octanol–water partition coefficient (Wildman–Crippen LogP) is 1.42. The van der Waals surface area contributed by atoms with Gasteiger partial charge < -0.3 is 19.9 Å². The Kier molecular flexibility index (Phi) is 4.83. The Bertz CT molecular complexity index is 669. The van der Waals surface area contributed by atoms with Gasteiger partial charge in [-0.2, -0.15) is 5.10 Å². The van der Waals surface area contributed by atoms with Gasteiger partial charge in [0.2, 0.25) is 0 Å². The summed E-state index contributed by atoms with van der Waals surface area (Å²) in [5.74, 6) is 1.61. The average molecular weight is 317 g/mol. The van der Waals surface area contributed by atoms with Crippen LogP contribution in [0.3, 0.4) is 0 Å². The number of fused-ring (bicyclic) bond motifs is 1. The van der Waals surface area contributed by atoms with Crippen LogP contribution in [0.4, 0.5) is 0 Å². The molecule has 1 aliphatic rings. The SMILES string of the molecule is Cc1nn(CCO)c(C)c1CNC[C@H]1COc2ccccc2O1. The highest BCUT2D eigenvalue weighted by atomic mass is 16.6. The molecule has 0 aliphatic carbocycles. The summed E-state index contributed by atoms with van der Waals surface area (Å²) in [6, 6.07) is 7.73. The fraction of sp³-hybridized carbons (Fsp3) is 0.471. The Balaban J connectivity index is 1.55. The normalized spacial score (nSPS) is 16.6. The fourth-order valence-electron chi connectivity index (χ4n) is 2.82. The average Bonchev–Trinajstić information content (AvgIpc) is 2.82. The minimum atomic E-state index is -0.00185. The minimum absolute atomic E-state index is 0.00185. The molecular weight excluding hydrogens is 294 g/mol. The Labute approximate surface area is 136 Å². The summed E-state index contributed by atoms with van der Waals surface area (Å²) in [6.45, 7) is 6.64. The highest BCUT2D eigenvalue weighted by Crippen LogP contribution is 2.30. The number of nitrogens with one attached hydrogen (secondary N) is 1. The zero-order valence-corrected chi connectivity index (χ0v) is 13.6. The van der Waals surface area contributed by atoms with Crippen LogP contribution in [0.25, 0.3) is 0 Å². The second-order valence-corrected chi connectivity index (χ2v) is 5.72. The van der Waals surface area contributed by atoms with Crippen molar-refractivity contribution >= 4 is 0 Å². The van der Waals surface area contributed by atoms with Crippen molar-refractivity contribution in [1.29, 1.82) is 0 Å². The van der Waals surface area contributed by atoms with Gasteiger partial charge in [0.25, 0.3) is 0 Å². The standard InChI is InChI=1S/C17H23N3O3/c1-12-15(13(2)20(19-12)7-8-21)10-18-9-14-11-22-16-5-3-4-6-17(16)23-14/h3-6,14,18,21H,7-11H2,1-2H3/t14-/m0/s1. The smallest absolute Gasteiger partial charge is 0.161 e. The molecule has 2 aromatic rings. The van der Waals surface area contributed by atoms with Gasteiger partial charge in [-0.25, -0.2) is 0 Å². The number of hydrogen-bond acceptors (Lipinski definition) is 5. The van der Waals surface area contributed by atoms with Gasteiger partial charge in [0, 0.05) is 24.3 Å². The Morgan fingerprint density at radius 3 is 2.87 bits per heavy atom. The van der Waals surface area contributed by atoms with Crippen molar-refractivity contribution in [2.24, 2.45) is 0 Å². The topological polar surface area (TPSA) is 68.5 Å². The van der Waals surface area contributed by atoms with Crippen LogP contribution >= 0.6 is 0 Å². The molecule has 3 rings (SSSR count). The number of aromatic nitrogens is 2. The summed E-state index contributed by atoms with van der Waals surface area (Å²) in [6.07, 6.45) is -0.00185. The molecule has 1 atom stereocenters. The van der Waals surface area contributed by atoms with Gasteiger partial charge in [-0.1, -0.05) is 12.1 Å². The number of ether oxygens (including phenoxy) is 2. The molecular formula is C17H23N3O3. The van der Waals surface area contributed by atoms with Crippen molar-refractivity contribution in [3.05, 3.63) is 41.2 Å². The Morgan fingerprint density at radius 2 is 2.09 bits per heavy atom. The molecule has 0 radical (unpaired) electrons. The second kappa shape index (κ2) is 7.02. The molecule has 0 spiro atoms. The lowest BCUT2D eigenvalue weighted by Crippen LogP contribution is -2.38. The summed E-state index contributed by atoms with van der Waals surface area (Å²) < 4.78 is 13.5. The van der Waals surface area contributed by atoms with Gasteiger partial charge in [-0.15, -0.1) is 0 Å². The van der Waals surface area contributed by atoms with Gasteiger partial charge in [0.15, 0.2) is 11.5 Å². The zero-order chi connectivity index (χ0) is 16.2. The predicted molar refractivity (Wildman–Crippen MR) is 86.8 cm³/mol. The van der Waals surface area contributed by atoms with Gasteiger partial charge in [0.05, 0.1) is 18.8 Å². The summed E-state index contributed by atoms with van der Waals surface area (Å²) in [7, 11) is 0. The molecule has 23 heavy (non-hydrogen) atoms. The van der Waals surface area contributed by atoms with Crippen molar-refractivity contribution in [3.8, 4) is 11.5 Å². The Hall–Kier alpha value is -2.05. The number of benzene rings is 1. The van der Waals surface area contributed by atoms with Crippen LogP contribution in [0, 0.1) is 13.8 Å². The molecule has 124 valence electrons. The maximum atomic E-state index is 9.06. The first-order chi connectivity index (χ1) is 11.2. The summed E-state index contributed by atoms with van der Waals surface area (Å²) >= 11 is 0. The third kappa shape index (κ3) is 3.48. The van der Waals surface area contributed by atoms with E-state index in [2.05, 4.69) is 10.4 Å². The monoisotopic (exact) mass is 317 g/mol. The number of hydrogen-bond donors (Lipinski definition) is 2. The van der Waals surface area contributed by atoms with E-state index >= 15 is 0 Å². The van der Waals surface area contributed by atoms with Gasteiger partial charge in [-0.05, 0) is 26.0 Å². The van der Waals surface area contributed by atoms with Gasteiger partial charge >= 0.3 is 0 Å². The van der Waals surface area contributed by atoms with E-state index in [1.807, 2.05) is 42.8 Å². The van der Waals surface area contributed by atoms with Crippen molar-refractivity contribution in [1.82, 2.24) is 15.1 Å².